The number of rotatable bonds is 5. The molecule has 0 spiro atoms. The predicted octanol–water partition coefficient (Wildman–Crippen LogP) is 3.61. The number of carbonyl (C=O) groups is 1. The molecule has 2 bridgehead atoms. The molecule has 0 aromatic rings. The van der Waals surface area contributed by atoms with Gasteiger partial charge in [0.05, 0.1) is 30.5 Å². The van der Waals surface area contributed by atoms with Crippen LogP contribution in [0, 0.1) is 40.4 Å². The highest BCUT2D eigenvalue weighted by molar-refractivity contribution is 5.85. The van der Waals surface area contributed by atoms with Crippen molar-refractivity contribution in [1.29, 1.82) is 0 Å². The summed E-state index contributed by atoms with van der Waals surface area (Å²) in [5.74, 6) is 1.74. The largest absolute Gasteiger partial charge is 0.458 e. The van der Waals surface area contributed by atoms with Crippen LogP contribution in [-0.2, 0) is 28.5 Å². The van der Waals surface area contributed by atoms with Crippen LogP contribution in [0.5, 0.6) is 0 Å². The third-order valence-corrected chi connectivity index (χ3v) is 14.1. The van der Waals surface area contributed by atoms with Gasteiger partial charge >= 0.3 is 5.97 Å². The number of hydrogen-bond donors (Lipinski definition) is 4. The first kappa shape index (κ1) is 33.4. The maximum Gasteiger partial charge on any atom is 0.331 e. The van der Waals surface area contributed by atoms with Crippen LogP contribution in [0.3, 0.4) is 0 Å². The Morgan fingerprint density at radius 3 is 2.30 bits per heavy atom. The van der Waals surface area contributed by atoms with Crippen molar-refractivity contribution in [2.75, 3.05) is 6.61 Å². The molecule has 3 heterocycles. The van der Waals surface area contributed by atoms with Gasteiger partial charge in [0.1, 0.15) is 24.9 Å². The van der Waals surface area contributed by atoms with E-state index >= 15 is 0 Å². The van der Waals surface area contributed by atoms with Crippen molar-refractivity contribution in [2.45, 2.75) is 160 Å². The van der Waals surface area contributed by atoms with E-state index in [-0.39, 0.29) is 46.9 Å². The van der Waals surface area contributed by atoms with Crippen LogP contribution in [-0.4, -0.2) is 94.4 Å². The molecule has 17 unspecified atom stereocenters. The predicted molar refractivity (Wildman–Crippen MR) is 166 cm³/mol. The van der Waals surface area contributed by atoms with Crippen LogP contribution < -0.4 is 0 Å². The Kier molecular flexibility index (Phi) is 9.18. The number of carbonyl (C=O) groups excluding carboxylic acids is 1. The monoisotopic (exact) mass is 648 g/mol. The second kappa shape index (κ2) is 12.7. The lowest BCUT2D eigenvalue weighted by molar-refractivity contribution is -0.338. The van der Waals surface area contributed by atoms with Gasteiger partial charge < -0.3 is 44.1 Å². The summed E-state index contributed by atoms with van der Waals surface area (Å²) < 4.78 is 29.7. The Hall–Kier alpha value is -1.11. The molecular weight excluding hydrogens is 592 g/mol. The second-order valence-electron chi connectivity index (χ2n) is 16.4. The molecule has 6 fully saturated rings. The highest BCUT2D eigenvalue weighted by Gasteiger charge is 2.60. The number of aliphatic hydroxyl groups is 4. The minimum Gasteiger partial charge on any atom is -0.458 e. The average molecular weight is 649 g/mol. The summed E-state index contributed by atoms with van der Waals surface area (Å²) in [6.07, 6.45) is 5.24. The van der Waals surface area contributed by atoms with Crippen LogP contribution >= 0.6 is 0 Å². The molecule has 7 aliphatic rings. The summed E-state index contributed by atoms with van der Waals surface area (Å²) in [6.45, 7) is 8.73. The minimum absolute atomic E-state index is 0.0699. The number of esters is 1. The maximum absolute atomic E-state index is 11.9. The van der Waals surface area contributed by atoms with Gasteiger partial charge in [0.25, 0.3) is 0 Å². The summed E-state index contributed by atoms with van der Waals surface area (Å²) in [6, 6.07) is 0. The van der Waals surface area contributed by atoms with Gasteiger partial charge in [-0.1, -0.05) is 13.8 Å². The molecular formula is C36H56O10. The number of aliphatic hydroxyl groups excluding tert-OH is 4. The van der Waals surface area contributed by atoms with E-state index in [4.69, 9.17) is 23.7 Å². The van der Waals surface area contributed by atoms with Crippen LogP contribution in [0.15, 0.2) is 11.6 Å². The first-order chi connectivity index (χ1) is 21.9. The van der Waals surface area contributed by atoms with E-state index in [1.54, 1.807) is 13.0 Å². The maximum atomic E-state index is 11.9. The molecule has 0 aromatic heterocycles. The molecule has 17 atom stereocenters. The van der Waals surface area contributed by atoms with E-state index in [1.165, 1.54) is 0 Å². The second-order valence-corrected chi connectivity index (χ2v) is 16.4. The van der Waals surface area contributed by atoms with Gasteiger partial charge in [-0.05, 0) is 119 Å². The van der Waals surface area contributed by atoms with Gasteiger partial charge in [-0.15, -0.1) is 0 Å². The third-order valence-electron chi connectivity index (χ3n) is 14.1. The molecule has 0 radical (unpaired) electrons. The molecule has 10 heteroatoms. The lowest BCUT2D eigenvalue weighted by atomic mass is 9.49. The summed E-state index contributed by atoms with van der Waals surface area (Å²) in [4.78, 5) is 11.9. The van der Waals surface area contributed by atoms with Crippen molar-refractivity contribution in [1.82, 2.24) is 0 Å². The molecule has 4 aliphatic carbocycles. The number of ether oxygens (including phenoxy) is 5. The van der Waals surface area contributed by atoms with Crippen LogP contribution in [0.2, 0.25) is 0 Å². The fraction of sp³-hybridized carbons (Fsp3) is 0.917. The van der Waals surface area contributed by atoms with Crippen LogP contribution in [0.4, 0.5) is 0 Å². The summed E-state index contributed by atoms with van der Waals surface area (Å²) in [7, 11) is 0. The molecule has 3 aliphatic heterocycles. The van der Waals surface area contributed by atoms with Gasteiger partial charge in [0.15, 0.2) is 12.6 Å². The van der Waals surface area contributed by atoms with Gasteiger partial charge in [-0.25, -0.2) is 4.79 Å². The van der Waals surface area contributed by atoms with Crippen molar-refractivity contribution < 1.29 is 48.9 Å². The van der Waals surface area contributed by atoms with E-state index in [0.29, 0.717) is 37.2 Å². The van der Waals surface area contributed by atoms with E-state index < -0.39 is 43.1 Å². The topological polar surface area (TPSA) is 144 Å². The molecule has 4 saturated carbocycles. The summed E-state index contributed by atoms with van der Waals surface area (Å²) in [5.41, 5.74) is 0.973. The number of cyclic esters (lactones) is 1. The fourth-order valence-electron chi connectivity index (χ4n) is 11.3. The van der Waals surface area contributed by atoms with Crippen LogP contribution in [0.1, 0.15) is 98.3 Å². The minimum atomic E-state index is -1.25. The highest BCUT2D eigenvalue weighted by Crippen LogP contribution is 2.65. The Morgan fingerprint density at radius 1 is 0.804 bits per heavy atom. The normalized spacial score (nSPS) is 54.2. The number of hydrogen-bond acceptors (Lipinski definition) is 10. The Bertz CT molecular complexity index is 1160. The van der Waals surface area contributed by atoms with Gasteiger partial charge in [-0.3, -0.25) is 0 Å². The molecule has 260 valence electrons. The standard InChI is InChI=1S/C36H56O10/c1-18-27(37)9-10-29(43-18)46-32-19(2)44-34(31(40)30(32)39)45-22-11-13-35(3)21(16-22)5-6-23-24-7-8-25(20-15-28(38)42-17-20)36(4,33(24)41)14-12-26(23)35/h15,18-19,21-27,29-34,37,39-41H,5-14,16-17H2,1-4H3. The van der Waals surface area contributed by atoms with Crippen molar-refractivity contribution in [3.05, 3.63) is 11.6 Å². The molecule has 10 nitrogen and oxygen atoms in total. The average Bonchev–Trinajstić information content (AvgIpc) is 3.43. The third kappa shape index (κ3) is 5.70. The van der Waals surface area contributed by atoms with Crippen molar-refractivity contribution >= 4 is 5.97 Å². The lowest BCUT2D eigenvalue weighted by Crippen LogP contribution is -2.60. The van der Waals surface area contributed by atoms with E-state index in [0.717, 1.165) is 63.4 Å². The highest BCUT2D eigenvalue weighted by atomic mass is 16.7. The Labute approximate surface area is 273 Å². The Balaban J connectivity index is 0.987. The van der Waals surface area contributed by atoms with Gasteiger partial charge in [-0.2, -0.15) is 0 Å². The van der Waals surface area contributed by atoms with E-state index in [1.807, 2.05) is 6.92 Å². The smallest absolute Gasteiger partial charge is 0.331 e. The molecule has 2 saturated heterocycles. The summed E-state index contributed by atoms with van der Waals surface area (Å²) >= 11 is 0. The van der Waals surface area contributed by atoms with Crippen molar-refractivity contribution in [2.24, 2.45) is 40.4 Å². The molecule has 46 heavy (non-hydrogen) atoms. The van der Waals surface area contributed by atoms with Crippen molar-refractivity contribution in [3.8, 4) is 0 Å². The molecule has 0 amide bonds. The zero-order valence-electron chi connectivity index (χ0n) is 28.0. The zero-order valence-corrected chi connectivity index (χ0v) is 28.0. The fourth-order valence-corrected chi connectivity index (χ4v) is 11.3. The Morgan fingerprint density at radius 2 is 1.57 bits per heavy atom. The van der Waals surface area contributed by atoms with Gasteiger partial charge in [0.2, 0.25) is 0 Å². The first-order valence-corrected chi connectivity index (χ1v) is 18.1. The first-order valence-electron chi connectivity index (χ1n) is 18.1. The molecule has 4 N–H and O–H groups in total. The molecule has 0 aromatic carbocycles. The van der Waals surface area contributed by atoms with Crippen LogP contribution in [0.25, 0.3) is 0 Å². The van der Waals surface area contributed by atoms with Crippen molar-refractivity contribution in [3.63, 3.8) is 0 Å². The van der Waals surface area contributed by atoms with Gasteiger partial charge in [0, 0.05) is 17.9 Å². The van der Waals surface area contributed by atoms with E-state index in [9.17, 15) is 25.2 Å². The zero-order chi connectivity index (χ0) is 32.5. The number of fused-ring (bicyclic) bond motifs is 6. The SMILES string of the molecule is CC1OC(OC2C(C)OC(OC3CCC4(C)C(CCC5C6CCC(C7=CC(=O)OC7)C(C)(CCC54)C6O)C3)C(O)C2O)CCC1O. The lowest BCUT2D eigenvalue weighted by Gasteiger charge is -2.57. The summed E-state index contributed by atoms with van der Waals surface area (Å²) in [5, 5.41) is 44.0. The molecule has 7 rings (SSSR count). The van der Waals surface area contributed by atoms with E-state index in [2.05, 4.69) is 13.8 Å². The quantitative estimate of drug-likeness (QED) is 0.258.